The number of alkyl halides is 2. The van der Waals surface area contributed by atoms with E-state index in [1.165, 1.54) is 0 Å². The maximum Gasteiger partial charge on any atom is 0.343 e. The maximum absolute atomic E-state index is 13.1. The van der Waals surface area contributed by atoms with Crippen LogP contribution in [0.4, 0.5) is 8.78 Å². The Balaban J connectivity index is 1.72. The van der Waals surface area contributed by atoms with Gasteiger partial charge in [0.25, 0.3) is 11.8 Å². The minimum Gasteiger partial charge on any atom is -0.430 e. The fourth-order valence-electron chi connectivity index (χ4n) is 2.61. The third-order valence-corrected chi connectivity index (χ3v) is 3.95. The van der Waals surface area contributed by atoms with Gasteiger partial charge in [0.15, 0.2) is 0 Å². The summed E-state index contributed by atoms with van der Waals surface area (Å²) >= 11 is 0. The van der Waals surface area contributed by atoms with Gasteiger partial charge in [-0.1, -0.05) is 18.2 Å². The number of benzene rings is 1. The van der Waals surface area contributed by atoms with Gasteiger partial charge in [-0.25, -0.2) is 4.79 Å². The van der Waals surface area contributed by atoms with Crippen LogP contribution in [0, 0.1) is 0 Å². The lowest BCUT2D eigenvalue weighted by atomic mass is 10.0. The zero-order valence-electron chi connectivity index (χ0n) is 12.5. The van der Waals surface area contributed by atoms with Crippen molar-refractivity contribution in [1.29, 1.82) is 0 Å². The molecule has 6 nitrogen and oxygen atoms in total. The van der Waals surface area contributed by atoms with Crippen molar-refractivity contribution in [2.75, 3.05) is 6.54 Å². The number of fused-ring (bicyclic) bond motifs is 1. The van der Waals surface area contributed by atoms with Crippen molar-refractivity contribution >= 4 is 22.6 Å². The highest BCUT2D eigenvalue weighted by atomic mass is 19.3. The van der Waals surface area contributed by atoms with E-state index in [1.54, 1.807) is 24.3 Å². The average molecular weight is 336 g/mol. The quantitative estimate of drug-likeness (QED) is 0.888. The number of hydrogen-bond donors (Lipinski definition) is 2. The predicted molar refractivity (Wildman–Crippen MR) is 80.9 cm³/mol. The zero-order valence-corrected chi connectivity index (χ0v) is 12.5. The van der Waals surface area contributed by atoms with Crippen LogP contribution in [0.3, 0.4) is 0 Å². The van der Waals surface area contributed by atoms with E-state index < -0.39 is 35.8 Å². The van der Waals surface area contributed by atoms with Crippen LogP contribution in [-0.4, -0.2) is 30.3 Å². The molecule has 2 amide bonds. The maximum atomic E-state index is 13.1. The van der Waals surface area contributed by atoms with E-state index in [0.29, 0.717) is 5.39 Å². The number of rotatable bonds is 3. The summed E-state index contributed by atoms with van der Waals surface area (Å²) in [4.78, 5) is 35.2. The van der Waals surface area contributed by atoms with E-state index in [4.69, 9.17) is 4.42 Å². The van der Waals surface area contributed by atoms with Crippen LogP contribution in [0.1, 0.15) is 23.2 Å². The van der Waals surface area contributed by atoms with Crippen molar-refractivity contribution in [2.45, 2.75) is 24.8 Å². The van der Waals surface area contributed by atoms with Gasteiger partial charge in [-0.2, -0.15) is 8.78 Å². The largest absolute Gasteiger partial charge is 0.430 e. The molecule has 0 saturated carbocycles. The lowest BCUT2D eigenvalue weighted by Gasteiger charge is -2.28. The van der Waals surface area contributed by atoms with Crippen molar-refractivity contribution in [3.05, 3.63) is 46.5 Å². The standard InChI is InChI=1S/C16H14F2N2O4/c17-16(18)6-5-9(20-15(16)23)7-19-13(21)12-8-24-14(22)11-4-2-1-3-10(11)12/h1-4,8-9H,5-7H2,(H,19,21)(H,20,23). The lowest BCUT2D eigenvalue weighted by Crippen LogP contribution is -2.54. The van der Waals surface area contributed by atoms with Gasteiger partial charge in [0.1, 0.15) is 6.26 Å². The Morgan fingerprint density at radius 2 is 2.00 bits per heavy atom. The monoisotopic (exact) mass is 336 g/mol. The van der Waals surface area contributed by atoms with Crippen LogP contribution < -0.4 is 16.3 Å². The molecule has 24 heavy (non-hydrogen) atoms. The number of piperidine rings is 1. The van der Waals surface area contributed by atoms with Crippen LogP contribution in [-0.2, 0) is 4.79 Å². The van der Waals surface area contributed by atoms with E-state index in [2.05, 4.69) is 10.6 Å². The minimum atomic E-state index is -3.36. The summed E-state index contributed by atoms with van der Waals surface area (Å²) < 4.78 is 31.1. The van der Waals surface area contributed by atoms with Crippen LogP contribution in [0.5, 0.6) is 0 Å². The van der Waals surface area contributed by atoms with Gasteiger partial charge in [0.2, 0.25) is 0 Å². The lowest BCUT2D eigenvalue weighted by molar-refractivity contribution is -0.151. The molecular weight excluding hydrogens is 322 g/mol. The third-order valence-electron chi connectivity index (χ3n) is 3.95. The van der Waals surface area contributed by atoms with Crippen molar-refractivity contribution in [1.82, 2.24) is 10.6 Å². The Hall–Kier alpha value is -2.77. The normalized spacial score (nSPS) is 19.8. The molecule has 1 aromatic heterocycles. The van der Waals surface area contributed by atoms with Crippen molar-refractivity contribution in [3.63, 3.8) is 0 Å². The number of carbonyl (C=O) groups excluding carboxylic acids is 2. The first-order valence-electron chi connectivity index (χ1n) is 7.36. The predicted octanol–water partition coefficient (Wildman–Crippen LogP) is 1.44. The zero-order chi connectivity index (χ0) is 17.3. The minimum absolute atomic E-state index is 0.00804. The Labute approximate surface area is 134 Å². The Morgan fingerprint density at radius 3 is 2.71 bits per heavy atom. The van der Waals surface area contributed by atoms with Crippen molar-refractivity contribution in [2.24, 2.45) is 0 Å². The molecule has 8 heteroatoms. The number of nitrogens with one attached hydrogen (secondary N) is 2. The molecule has 1 atom stereocenters. The molecule has 1 aliphatic rings. The topological polar surface area (TPSA) is 88.4 Å². The Morgan fingerprint density at radius 1 is 1.29 bits per heavy atom. The van der Waals surface area contributed by atoms with Crippen LogP contribution in [0.15, 0.2) is 39.7 Å². The van der Waals surface area contributed by atoms with Crippen LogP contribution in [0.25, 0.3) is 10.8 Å². The Kier molecular flexibility index (Phi) is 4.04. The van der Waals surface area contributed by atoms with E-state index in [-0.39, 0.29) is 23.9 Å². The first-order valence-corrected chi connectivity index (χ1v) is 7.36. The van der Waals surface area contributed by atoms with E-state index in [1.807, 2.05) is 0 Å². The third kappa shape index (κ3) is 2.99. The van der Waals surface area contributed by atoms with Gasteiger partial charge in [-0.15, -0.1) is 0 Å². The summed E-state index contributed by atoms with van der Waals surface area (Å²) in [6.45, 7) is 0.00804. The number of amides is 2. The summed E-state index contributed by atoms with van der Waals surface area (Å²) in [5, 5.41) is 5.46. The summed E-state index contributed by atoms with van der Waals surface area (Å²) in [6, 6.07) is 5.93. The molecule has 1 fully saturated rings. The van der Waals surface area contributed by atoms with Gasteiger partial charge in [-0.3, -0.25) is 9.59 Å². The second-order valence-corrected chi connectivity index (χ2v) is 5.61. The van der Waals surface area contributed by atoms with Crippen LogP contribution in [0.2, 0.25) is 0 Å². The highest BCUT2D eigenvalue weighted by Gasteiger charge is 2.43. The smallest absolute Gasteiger partial charge is 0.343 e. The second kappa shape index (κ2) is 6.03. The number of halogens is 2. The summed E-state index contributed by atoms with van der Waals surface area (Å²) in [6.07, 6.45) is 0.569. The second-order valence-electron chi connectivity index (χ2n) is 5.61. The molecule has 0 radical (unpaired) electrons. The van der Waals surface area contributed by atoms with Gasteiger partial charge >= 0.3 is 11.5 Å². The van der Waals surface area contributed by atoms with Gasteiger partial charge in [-0.05, 0) is 12.5 Å². The molecule has 2 heterocycles. The molecule has 0 aliphatic carbocycles. The van der Waals surface area contributed by atoms with Crippen molar-refractivity contribution in [3.8, 4) is 0 Å². The van der Waals surface area contributed by atoms with Crippen molar-refractivity contribution < 1.29 is 22.8 Å². The molecule has 1 aliphatic heterocycles. The molecule has 2 aromatic rings. The van der Waals surface area contributed by atoms with E-state index in [0.717, 1.165) is 6.26 Å². The van der Waals surface area contributed by atoms with Gasteiger partial charge in [0, 0.05) is 24.4 Å². The fraction of sp³-hybridized carbons (Fsp3) is 0.312. The highest BCUT2D eigenvalue weighted by molar-refractivity contribution is 6.06. The SMILES string of the molecule is O=C(NCC1CCC(F)(F)C(=O)N1)c1coc(=O)c2ccccc12. The molecule has 2 N–H and O–H groups in total. The van der Waals surface area contributed by atoms with Gasteiger partial charge in [0.05, 0.1) is 10.9 Å². The molecular formula is C16H14F2N2O4. The summed E-state index contributed by atoms with van der Waals surface area (Å²) in [5.74, 6) is -5.20. The van der Waals surface area contributed by atoms with E-state index >= 15 is 0 Å². The molecule has 1 unspecified atom stereocenters. The molecule has 3 rings (SSSR count). The summed E-state index contributed by atoms with van der Waals surface area (Å²) in [7, 11) is 0. The fourth-order valence-corrected chi connectivity index (χ4v) is 2.61. The molecule has 126 valence electrons. The highest BCUT2D eigenvalue weighted by Crippen LogP contribution is 2.25. The molecule has 1 saturated heterocycles. The number of carbonyl (C=O) groups is 2. The van der Waals surface area contributed by atoms with Gasteiger partial charge < -0.3 is 15.1 Å². The first-order chi connectivity index (χ1) is 11.4. The van der Waals surface area contributed by atoms with Crippen LogP contribution >= 0.6 is 0 Å². The number of hydrogen-bond acceptors (Lipinski definition) is 4. The molecule has 1 aromatic carbocycles. The summed E-state index contributed by atoms with van der Waals surface area (Å²) in [5.41, 5.74) is -0.387. The van der Waals surface area contributed by atoms with E-state index in [9.17, 15) is 23.2 Å². The molecule has 0 bridgehead atoms. The average Bonchev–Trinajstić information content (AvgIpc) is 2.56. The first kappa shape index (κ1) is 16.1. The molecule has 0 spiro atoms. The Bertz CT molecular complexity index is 863.